The van der Waals surface area contributed by atoms with E-state index in [0.29, 0.717) is 13.1 Å². The van der Waals surface area contributed by atoms with Crippen LogP contribution in [0.2, 0.25) is 5.02 Å². The highest BCUT2D eigenvalue weighted by Crippen LogP contribution is 2.19. The standard InChI is InChI=1S/C11H15ClFNOS/c1-8(16(2)15)6-14-7-9-4-3-5-10(13)11(9)12/h3-5,8,14H,6-7H2,1-2H3. The smallest absolute Gasteiger partial charge is 0.142 e. The van der Waals surface area contributed by atoms with Gasteiger partial charge in [-0.3, -0.25) is 4.21 Å². The monoisotopic (exact) mass is 263 g/mol. The van der Waals surface area contributed by atoms with Gasteiger partial charge in [-0.15, -0.1) is 0 Å². The van der Waals surface area contributed by atoms with E-state index in [1.165, 1.54) is 6.07 Å². The highest BCUT2D eigenvalue weighted by Gasteiger charge is 2.07. The second kappa shape index (κ2) is 6.33. The molecule has 5 heteroatoms. The Morgan fingerprint density at radius 1 is 1.56 bits per heavy atom. The topological polar surface area (TPSA) is 29.1 Å². The summed E-state index contributed by atoms with van der Waals surface area (Å²) in [5, 5.41) is 3.34. The Labute approximate surface area is 103 Å². The van der Waals surface area contributed by atoms with Crippen LogP contribution in [0.4, 0.5) is 4.39 Å². The van der Waals surface area contributed by atoms with Crippen molar-refractivity contribution in [3.63, 3.8) is 0 Å². The zero-order valence-corrected chi connectivity index (χ0v) is 10.9. The number of rotatable bonds is 5. The predicted molar refractivity (Wildman–Crippen MR) is 66.6 cm³/mol. The number of hydrogen-bond donors (Lipinski definition) is 1. The molecule has 2 unspecified atom stereocenters. The van der Waals surface area contributed by atoms with E-state index in [1.807, 2.05) is 6.92 Å². The molecule has 0 aliphatic heterocycles. The first-order chi connectivity index (χ1) is 7.52. The maximum Gasteiger partial charge on any atom is 0.142 e. The van der Waals surface area contributed by atoms with Gasteiger partial charge in [0.05, 0.1) is 5.02 Å². The van der Waals surface area contributed by atoms with Gasteiger partial charge in [0.25, 0.3) is 0 Å². The number of halogens is 2. The largest absolute Gasteiger partial charge is 0.311 e. The van der Waals surface area contributed by atoms with Gasteiger partial charge in [-0.2, -0.15) is 0 Å². The van der Waals surface area contributed by atoms with Crippen LogP contribution in [0.3, 0.4) is 0 Å². The summed E-state index contributed by atoms with van der Waals surface area (Å²) in [6, 6.07) is 4.72. The van der Waals surface area contributed by atoms with E-state index in [9.17, 15) is 8.60 Å². The van der Waals surface area contributed by atoms with Gasteiger partial charge < -0.3 is 5.32 Å². The molecule has 2 atom stereocenters. The van der Waals surface area contributed by atoms with Crippen LogP contribution in [0, 0.1) is 5.82 Å². The van der Waals surface area contributed by atoms with Crippen molar-refractivity contribution in [2.24, 2.45) is 0 Å². The fourth-order valence-electron chi connectivity index (χ4n) is 1.21. The Morgan fingerprint density at radius 3 is 2.88 bits per heavy atom. The lowest BCUT2D eigenvalue weighted by Gasteiger charge is -2.10. The molecule has 0 spiro atoms. The molecule has 1 rings (SSSR count). The Balaban J connectivity index is 2.49. The van der Waals surface area contributed by atoms with Gasteiger partial charge in [0.2, 0.25) is 0 Å². The highest BCUT2D eigenvalue weighted by atomic mass is 35.5. The molecular formula is C11H15ClFNOS. The molecule has 0 aromatic heterocycles. The third-order valence-corrected chi connectivity index (χ3v) is 4.07. The average molecular weight is 264 g/mol. The Kier molecular flexibility index (Phi) is 5.38. The van der Waals surface area contributed by atoms with Crippen LogP contribution in [0.1, 0.15) is 12.5 Å². The van der Waals surface area contributed by atoms with E-state index in [4.69, 9.17) is 11.6 Å². The van der Waals surface area contributed by atoms with E-state index >= 15 is 0 Å². The van der Waals surface area contributed by atoms with Crippen molar-refractivity contribution in [2.75, 3.05) is 12.8 Å². The molecule has 2 nitrogen and oxygen atoms in total. The molecule has 0 amide bonds. The third kappa shape index (κ3) is 3.85. The molecule has 90 valence electrons. The molecule has 0 heterocycles. The molecule has 0 saturated heterocycles. The molecule has 0 radical (unpaired) electrons. The van der Waals surface area contributed by atoms with Crippen molar-refractivity contribution in [3.05, 3.63) is 34.6 Å². The number of benzene rings is 1. The van der Waals surface area contributed by atoms with Crippen LogP contribution in [0.15, 0.2) is 18.2 Å². The summed E-state index contributed by atoms with van der Waals surface area (Å²) in [7, 11) is -0.848. The van der Waals surface area contributed by atoms with E-state index < -0.39 is 16.6 Å². The summed E-state index contributed by atoms with van der Waals surface area (Å²) in [4.78, 5) is 0. The Hall–Kier alpha value is -0.450. The van der Waals surface area contributed by atoms with E-state index in [-0.39, 0.29) is 10.3 Å². The SMILES string of the molecule is CC(CNCc1cccc(F)c1Cl)S(C)=O. The second-order valence-corrected chi connectivity index (χ2v) is 5.83. The average Bonchev–Trinajstić information content (AvgIpc) is 2.24. The summed E-state index contributed by atoms with van der Waals surface area (Å²) in [5.74, 6) is -0.409. The highest BCUT2D eigenvalue weighted by molar-refractivity contribution is 7.84. The van der Waals surface area contributed by atoms with Crippen LogP contribution >= 0.6 is 11.6 Å². The molecule has 1 N–H and O–H groups in total. The number of nitrogens with one attached hydrogen (secondary N) is 1. The maximum atomic E-state index is 13.1. The quantitative estimate of drug-likeness (QED) is 0.884. The molecule has 0 aliphatic carbocycles. The van der Waals surface area contributed by atoms with Crippen LogP contribution < -0.4 is 5.32 Å². The fourth-order valence-corrected chi connectivity index (χ4v) is 1.76. The first-order valence-electron chi connectivity index (χ1n) is 4.98. The van der Waals surface area contributed by atoms with E-state index in [2.05, 4.69) is 5.32 Å². The lowest BCUT2D eigenvalue weighted by molar-refractivity contribution is 0.618. The lowest BCUT2D eigenvalue weighted by Crippen LogP contribution is -2.27. The molecule has 1 aromatic carbocycles. The lowest BCUT2D eigenvalue weighted by atomic mass is 10.2. The van der Waals surface area contributed by atoms with Crippen molar-refractivity contribution in [3.8, 4) is 0 Å². The summed E-state index contributed by atoms with van der Waals surface area (Å²) < 4.78 is 24.2. The maximum absolute atomic E-state index is 13.1. The van der Waals surface area contributed by atoms with E-state index in [0.717, 1.165) is 5.56 Å². The van der Waals surface area contributed by atoms with Gasteiger partial charge in [0.15, 0.2) is 0 Å². The van der Waals surface area contributed by atoms with Crippen molar-refractivity contribution in [2.45, 2.75) is 18.7 Å². The van der Waals surface area contributed by atoms with Crippen molar-refractivity contribution in [1.29, 1.82) is 0 Å². The molecule has 16 heavy (non-hydrogen) atoms. The van der Waals surface area contributed by atoms with Crippen LogP contribution in [-0.4, -0.2) is 22.3 Å². The van der Waals surface area contributed by atoms with Gasteiger partial charge in [0, 0.05) is 35.4 Å². The summed E-state index contributed by atoms with van der Waals surface area (Å²) in [5.41, 5.74) is 0.718. The fraction of sp³-hybridized carbons (Fsp3) is 0.455. The van der Waals surface area contributed by atoms with Gasteiger partial charge in [0.1, 0.15) is 5.82 Å². The number of hydrogen-bond acceptors (Lipinski definition) is 2. The van der Waals surface area contributed by atoms with Crippen LogP contribution in [0.5, 0.6) is 0 Å². The first kappa shape index (κ1) is 13.6. The molecule has 0 fully saturated rings. The zero-order valence-electron chi connectivity index (χ0n) is 9.30. The molecule has 0 saturated carbocycles. The van der Waals surface area contributed by atoms with Gasteiger partial charge in [-0.1, -0.05) is 23.7 Å². The van der Waals surface area contributed by atoms with Crippen LogP contribution in [0.25, 0.3) is 0 Å². The minimum atomic E-state index is -0.848. The second-order valence-electron chi connectivity index (χ2n) is 3.65. The summed E-state index contributed by atoms with van der Waals surface area (Å²) in [6.07, 6.45) is 1.67. The minimum absolute atomic E-state index is 0.0762. The predicted octanol–water partition coefficient (Wildman–Crippen LogP) is 2.34. The molecule has 0 bridgehead atoms. The van der Waals surface area contributed by atoms with E-state index in [1.54, 1.807) is 18.4 Å². The Bertz CT molecular complexity index is 386. The summed E-state index contributed by atoms with van der Waals surface area (Å²) in [6.45, 7) is 3.00. The zero-order chi connectivity index (χ0) is 12.1. The molecule has 1 aromatic rings. The Morgan fingerprint density at radius 2 is 2.25 bits per heavy atom. The van der Waals surface area contributed by atoms with Crippen LogP contribution in [-0.2, 0) is 17.3 Å². The molecular weight excluding hydrogens is 249 g/mol. The van der Waals surface area contributed by atoms with Crippen molar-refractivity contribution >= 4 is 22.4 Å². The van der Waals surface area contributed by atoms with Gasteiger partial charge in [-0.25, -0.2) is 4.39 Å². The first-order valence-corrected chi connectivity index (χ1v) is 6.98. The molecule has 0 aliphatic rings. The van der Waals surface area contributed by atoms with Gasteiger partial charge >= 0.3 is 0 Å². The minimum Gasteiger partial charge on any atom is -0.311 e. The normalized spacial score (nSPS) is 14.8. The van der Waals surface area contributed by atoms with Crippen molar-refractivity contribution < 1.29 is 8.60 Å². The van der Waals surface area contributed by atoms with Gasteiger partial charge in [-0.05, 0) is 18.6 Å². The third-order valence-electron chi connectivity index (χ3n) is 2.35. The van der Waals surface area contributed by atoms with Crippen molar-refractivity contribution in [1.82, 2.24) is 5.32 Å². The summed E-state index contributed by atoms with van der Waals surface area (Å²) >= 11 is 5.80.